The molecule has 9 heteroatoms. The van der Waals surface area contributed by atoms with Gasteiger partial charge in [-0.15, -0.1) is 0 Å². The highest BCUT2D eigenvalue weighted by molar-refractivity contribution is 9.10. The Morgan fingerprint density at radius 2 is 1.65 bits per heavy atom. The molecule has 178 valence electrons. The standard InChI is InChI=1S/C25H22BrCl3N2O3/c1-30-25(33)22(12-16-6-3-2-4-7-16)31(14-18-19(27)8-5-9-20(18)28)24(32)15-34-23-11-10-17(26)13-21(23)29/h2-11,13,22H,12,14-15H2,1H3,(H,30,33). The van der Waals surface area contributed by atoms with Gasteiger partial charge < -0.3 is 15.0 Å². The van der Waals surface area contributed by atoms with Gasteiger partial charge in [0.15, 0.2) is 6.61 Å². The van der Waals surface area contributed by atoms with Crippen molar-refractivity contribution < 1.29 is 14.3 Å². The van der Waals surface area contributed by atoms with Crippen LogP contribution in [0.1, 0.15) is 11.1 Å². The number of amides is 2. The first-order valence-corrected chi connectivity index (χ1v) is 12.3. The maximum atomic E-state index is 13.5. The largest absolute Gasteiger partial charge is 0.482 e. The molecular weight excluding hydrogens is 563 g/mol. The molecule has 0 aliphatic carbocycles. The molecule has 3 rings (SSSR count). The van der Waals surface area contributed by atoms with Gasteiger partial charge in [-0.3, -0.25) is 9.59 Å². The number of rotatable bonds is 9. The topological polar surface area (TPSA) is 58.6 Å². The van der Waals surface area contributed by atoms with E-state index in [2.05, 4.69) is 21.2 Å². The van der Waals surface area contributed by atoms with Gasteiger partial charge in [0.05, 0.1) is 5.02 Å². The molecule has 0 aliphatic heterocycles. The van der Waals surface area contributed by atoms with Crippen LogP contribution in [-0.4, -0.2) is 36.4 Å². The molecule has 5 nitrogen and oxygen atoms in total. The lowest BCUT2D eigenvalue weighted by Gasteiger charge is -2.31. The molecule has 2 amide bonds. The third-order valence-electron chi connectivity index (χ3n) is 5.15. The second-order valence-electron chi connectivity index (χ2n) is 7.41. The van der Waals surface area contributed by atoms with Crippen molar-refractivity contribution in [3.8, 4) is 5.75 Å². The van der Waals surface area contributed by atoms with E-state index in [9.17, 15) is 9.59 Å². The number of benzene rings is 3. The van der Waals surface area contributed by atoms with Crippen molar-refractivity contribution in [1.82, 2.24) is 10.2 Å². The Morgan fingerprint density at radius 1 is 0.971 bits per heavy atom. The molecule has 0 bridgehead atoms. The van der Waals surface area contributed by atoms with Crippen molar-refractivity contribution in [3.05, 3.63) is 97.4 Å². The van der Waals surface area contributed by atoms with Gasteiger partial charge in [0, 0.05) is 40.1 Å². The first kappa shape index (κ1) is 26.4. The summed E-state index contributed by atoms with van der Waals surface area (Å²) in [7, 11) is 1.53. The number of nitrogens with one attached hydrogen (secondary N) is 1. The number of carbonyl (C=O) groups excluding carboxylic acids is 2. The molecule has 1 atom stereocenters. The Hall–Kier alpha value is -2.25. The molecule has 0 heterocycles. The summed E-state index contributed by atoms with van der Waals surface area (Å²) in [4.78, 5) is 27.8. The molecule has 3 aromatic rings. The minimum Gasteiger partial charge on any atom is -0.482 e. The van der Waals surface area contributed by atoms with Crippen molar-refractivity contribution in [2.24, 2.45) is 0 Å². The highest BCUT2D eigenvalue weighted by atomic mass is 79.9. The number of hydrogen-bond donors (Lipinski definition) is 1. The lowest BCUT2D eigenvalue weighted by molar-refractivity contribution is -0.142. The van der Waals surface area contributed by atoms with E-state index in [0.717, 1.165) is 10.0 Å². The van der Waals surface area contributed by atoms with E-state index >= 15 is 0 Å². The van der Waals surface area contributed by atoms with Gasteiger partial charge in [-0.05, 0) is 35.9 Å². The molecular formula is C25H22BrCl3N2O3. The van der Waals surface area contributed by atoms with Crippen LogP contribution in [-0.2, 0) is 22.6 Å². The number of halogens is 4. The van der Waals surface area contributed by atoms with Gasteiger partial charge in [-0.2, -0.15) is 0 Å². The van der Waals surface area contributed by atoms with Crippen LogP contribution in [0.3, 0.4) is 0 Å². The van der Waals surface area contributed by atoms with E-state index in [0.29, 0.717) is 32.8 Å². The third kappa shape index (κ3) is 6.89. The van der Waals surface area contributed by atoms with Crippen LogP contribution >= 0.6 is 50.7 Å². The van der Waals surface area contributed by atoms with Crippen LogP contribution in [0.25, 0.3) is 0 Å². The van der Waals surface area contributed by atoms with Crippen molar-refractivity contribution in [3.63, 3.8) is 0 Å². The first-order chi connectivity index (χ1) is 16.3. The van der Waals surface area contributed by atoms with E-state index in [1.165, 1.54) is 11.9 Å². The summed E-state index contributed by atoms with van der Waals surface area (Å²) >= 11 is 22.3. The van der Waals surface area contributed by atoms with Crippen molar-refractivity contribution in [1.29, 1.82) is 0 Å². The second-order valence-corrected chi connectivity index (χ2v) is 9.54. The molecule has 0 spiro atoms. The Bertz CT molecular complexity index is 1140. The highest BCUT2D eigenvalue weighted by Crippen LogP contribution is 2.29. The van der Waals surface area contributed by atoms with Crippen LogP contribution < -0.4 is 10.1 Å². The monoisotopic (exact) mass is 582 g/mol. The second kappa shape index (κ2) is 12.5. The fourth-order valence-corrected chi connectivity index (χ4v) is 4.63. The van der Waals surface area contributed by atoms with Crippen LogP contribution in [0.4, 0.5) is 0 Å². The molecule has 0 saturated carbocycles. The van der Waals surface area contributed by atoms with Crippen molar-refractivity contribution in [2.45, 2.75) is 19.0 Å². The third-order valence-corrected chi connectivity index (χ3v) is 6.65. The quantitative estimate of drug-likeness (QED) is 0.327. The SMILES string of the molecule is CNC(=O)C(Cc1ccccc1)N(Cc1c(Cl)cccc1Cl)C(=O)COc1ccc(Br)cc1Cl. The number of likely N-dealkylation sites (N-methyl/N-ethyl adjacent to an activating group) is 1. The van der Waals surface area contributed by atoms with E-state index in [4.69, 9.17) is 39.5 Å². The normalized spacial score (nSPS) is 11.6. The minimum absolute atomic E-state index is 0.0275. The number of carbonyl (C=O) groups is 2. The predicted molar refractivity (Wildman–Crippen MR) is 140 cm³/mol. The van der Waals surface area contributed by atoms with Gasteiger partial charge in [0.1, 0.15) is 11.8 Å². The summed E-state index contributed by atoms with van der Waals surface area (Å²) in [5.74, 6) is -0.380. The molecule has 0 aromatic heterocycles. The Labute approximate surface area is 222 Å². The van der Waals surface area contributed by atoms with Crippen LogP contribution in [0.15, 0.2) is 71.2 Å². The predicted octanol–water partition coefficient (Wildman–Crippen LogP) is 6.17. The lowest BCUT2D eigenvalue weighted by atomic mass is 10.0. The number of ether oxygens (including phenoxy) is 1. The number of hydrogen-bond acceptors (Lipinski definition) is 3. The summed E-state index contributed by atoms with van der Waals surface area (Å²) in [6.07, 6.45) is 0.299. The van der Waals surface area contributed by atoms with E-state index in [1.54, 1.807) is 36.4 Å². The molecule has 1 N–H and O–H groups in total. The maximum absolute atomic E-state index is 13.5. The summed E-state index contributed by atoms with van der Waals surface area (Å²) in [6, 6.07) is 18.8. The highest BCUT2D eigenvalue weighted by Gasteiger charge is 2.31. The zero-order valence-corrected chi connectivity index (χ0v) is 22.1. The zero-order chi connectivity index (χ0) is 24.7. The van der Waals surface area contributed by atoms with Gasteiger partial charge in [-0.25, -0.2) is 0 Å². The van der Waals surface area contributed by atoms with Crippen molar-refractivity contribution >= 4 is 62.5 Å². The van der Waals surface area contributed by atoms with Crippen LogP contribution in [0.2, 0.25) is 15.1 Å². The first-order valence-electron chi connectivity index (χ1n) is 10.4. The molecule has 0 fully saturated rings. The Balaban J connectivity index is 1.93. The van der Waals surface area contributed by atoms with E-state index in [1.807, 2.05) is 30.3 Å². The Kier molecular flexibility index (Phi) is 9.65. The van der Waals surface area contributed by atoms with Gasteiger partial charge in [-0.1, -0.05) is 87.1 Å². The summed E-state index contributed by atoms with van der Waals surface area (Å²) < 4.78 is 6.49. The number of nitrogens with zero attached hydrogens (tertiary/aromatic N) is 1. The molecule has 1 unspecified atom stereocenters. The summed E-state index contributed by atoms with van der Waals surface area (Å²) in [5, 5.41) is 3.82. The molecule has 3 aromatic carbocycles. The molecule has 0 radical (unpaired) electrons. The van der Waals surface area contributed by atoms with Gasteiger partial charge in [0.2, 0.25) is 5.91 Å². The van der Waals surface area contributed by atoms with Gasteiger partial charge in [0.25, 0.3) is 5.91 Å². The van der Waals surface area contributed by atoms with E-state index in [-0.39, 0.29) is 19.1 Å². The lowest BCUT2D eigenvalue weighted by Crippen LogP contribution is -2.51. The zero-order valence-electron chi connectivity index (χ0n) is 18.2. The van der Waals surface area contributed by atoms with E-state index < -0.39 is 11.9 Å². The molecule has 0 aliphatic rings. The minimum atomic E-state index is -0.823. The molecule has 34 heavy (non-hydrogen) atoms. The molecule has 0 saturated heterocycles. The fourth-order valence-electron chi connectivity index (χ4n) is 3.39. The fraction of sp³-hybridized carbons (Fsp3) is 0.200. The van der Waals surface area contributed by atoms with Gasteiger partial charge >= 0.3 is 0 Å². The smallest absolute Gasteiger partial charge is 0.261 e. The summed E-state index contributed by atoms with van der Waals surface area (Å²) in [6.45, 7) is -0.300. The maximum Gasteiger partial charge on any atom is 0.261 e. The van der Waals surface area contributed by atoms with Crippen LogP contribution in [0, 0.1) is 0 Å². The average molecular weight is 585 g/mol. The van der Waals surface area contributed by atoms with Crippen LogP contribution in [0.5, 0.6) is 5.75 Å². The summed E-state index contributed by atoms with van der Waals surface area (Å²) in [5.41, 5.74) is 1.44. The van der Waals surface area contributed by atoms with Crippen molar-refractivity contribution in [2.75, 3.05) is 13.7 Å². The average Bonchev–Trinajstić information content (AvgIpc) is 2.82. The Morgan fingerprint density at radius 3 is 2.26 bits per heavy atom.